The van der Waals surface area contributed by atoms with Crippen molar-refractivity contribution in [3.8, 4) is 0 Å². The van der Waals surface area contributed by atoms with Gasteiger partial charge in [-0.2, -0.15) is 0 Å². The second kappa shape index (κ2) is 2.80. The number of carbonyl (C=O) groups is 1. The van der Waals surface area contributed by atoms with Gasteiger partial charge in [-0.25, -0.2) is 0 Å². The smallest absolute Gasteiger partial charge is 0.136 e. The third kappa shape index (κ3) is 1.24. The summed E-state index contributed by atoms with van der Waals surface area (Å²) in [5, 5.41) is 0. The predicted molar refractivity (Wildman–Crippen MR) is 44.2 cm³/mol. The standard InChI is InChI=1S/C10H14O/c11-10-7-6-8-4-2-1-3-5-9(8)10/h1-2,8-9H,3-7H2/t8-,9+/m1/s1. The monoisotopic (exact) mass is 150 g/mol. The Morgan fingerprint density at radius 3 is 3.09 bits per heavy atom. The van der Waals surface area contributed by atoms with Gasteiger partial charge >= 0.3 is 0 Å². The van der Waals surface area contributed by atoms with E-state index in [0.717, 1.165) is 32.1 Å². The van der Waals surface area contributed by atoms with Gasteiger partial charge in [-0.3, -0.25) is 4.79 Å². The Bertz CT molecular complexity index is 193. The molecule has 2 aliphatic rings. The Labute approximate surface area is 67.5 Å². The van der Waals surface area contributed by atoms with Crippen LogP contribution in [0.4, 0.5) is 0 Å². The van der Waals surface area contributed by atoms with Crippen LogP contribution in [0.3, 0.4) is 0 Å². The highest BCUT2D eigenvalue weighted by atomic mass is 16.1. The molecule has 0 unspecified atom stereocenters. The summed E-state index contributed by atoms with van der Waals surface area (Å²) in [7, 11) is 0. The molecular formula is C10H14O. The Kier molecular flexibility index (Phi) is 1.80. The molecule has 0 N–H and O–H groups in total. The van der Waals surface area contributed by atoms with Gasteiger partial charge in [0.05, 0.1) is 0 Å². The molecule has 0 radical (unpaired) electrons. The van der Waals surface area contributed by atoms with Crippen LogP contribution in [0, 0.1) is 11.8 Å². The van der Waals surface area contributed by atoms with Gasteiger partial charge in [0.2, 0.25) is 0 Å². The molecule has 1 fully saturated rings. The molecule has 0 aromatic rings. The molecule has 0 heterocycles. The van der Waals surface area contributed by atoms with Crippen LogP contribution >= 0.6 is 0 Å². The van der Waals surface area contributed by atoms with E-state index >= 15 is 0 Å². The minimum absolute atomic E-state index is 0.421. The number of rotatable bonds is 0. The number of hydrogen-bond donors (Lipinski definition) is 0. The van der Waals surface area contributed by atoms with Crippen LogP contribution < -0.4 is 0 Å². The second-order valence-corrected chi connectivity index (χ2v) is 3.66. The largest absolute Gasteiger partial charge is 0.299 e. The van der Waals surface area contributed by atoms with Crippen molar-refractivity contribution in [1.29, 1.82) is 0 Å². The summed E-state index contributed by atoms with van der Waals surface area (Å²) in [4.78, 5) is 11.3. The maximum absolute atomic E-state index is 11.3. The molecule has 2 aliphatic carbocycles. The van der Waals surface area contributed by atoms with Crippen molar-refractivity contribution in [3.63, 3.8) is 0 Å². The first-order chi connectivity index (χ1) is 5.38. The van der Waals surface area contributed by atoms with E-state index in [9.17, 15) is 4.79 Å². The molecule has 2 rings (SSSR count). The van der Waals surface area contributed by atoms with E-state index in [1.807, 2.05) is 0 Å². The van der Waals surface area contributed by atoms with E-state index in [1.165, 1.54) is 0 Å². The molecule has 0 saturated heterocycles. The van der Waals surface area contributed by atoms with Gasteiger partial charge in [-0.05, 0) is 31.6 Å². The molecule has 0 aromatic heterocycles. The molecule has 0 aliphatic heterocycles. The van der Waals surface area contributed by atoms with E-state index < -0.39 is 0 Å². The van der Waals surface area contributed by atoms with Gasteiger partial charge in [-0.1, -0.05) is 12.2 Å². The maximum atomic E-state index is 11.3. The lowest BCUT2D eigenvalue weighted by Gasteiger charge is -2.12. The Morgan fingerprint density at radius 1 is 1.27 bits per heavy atom. The number of carbonyl (C=O) groups excluding carboxylic acids is 1. The first-order valence-electron chi connectivity index (χ1n) is 4.55. The Balaban J connectivity index is 2.11. The fourth-order valence-corrected chi connectivity index (χ4v) is 2.32. The zero-order valence-corrected chi connectivity index (χ0v) is 6.75. The van der Waals surface area contributed by atoms with Crippen LogP contribution in [0.25, 0.3) is 0 Å². The van der Waals surface area contributed by atoms with E-state index in [-0.39, 0.29) is 0 Å². The first kappa shape index (κ1) is 7.08. The summed E-state index contributed by atoms with van der Waals surface area (Å²) in [6.07, 6.45) is 9.86. The summed E-state index contributed by atoms with van der Waals surface area (Å²) < 4.78 is 0. The van der Waals surface area contributed by atoms with Crippen molar-refractivity contribution in [1.82, 2.24) is 0 Å². The fourth-order valence-electron chi connectivity index (χ4n) is 2.32. The number of allylic oxidation sites excluding steroid dienone is 2. The molecule has 2 atom stereocenters. The average Bonchev–Trinajstić information content (AvgIpc) is 2.25. The number of Topliss-reactive ketones (excluding diaryl/α,β-unsaturated/α-hetero) is 1. The Hall–Kier alpha value is -0.590. The first-order valence-corrected chi connectivity index (χ1v) is 4.55. The maximum Gasteiger partial charge on any atom is 0.136 e. The number of ketones is 1. The highest BCUT2D eigenvalue weighted by Crippen LogP contribution is 2.36. The minimum Gasteiger partial charge on any atom is -0.299 e. The summed E-state index contributed by atoms with van der Waals surface area (Å²) >= 11 is 0. The lowest BCUT2D eigenvalue weighted by molar-refractivity contribution is -0.121. The van der Waals surface area contributed by atoms with Gasteiger partial charge in [0.25, 0.3) is 0 Å². The number of fused-ring (bicyclic) bond motifs is 1. The van der Waals surface area contributed by atoms with Crippen LogP contribution in [0.15, 0.2) is 12.2 Å². The van der Waals surface area contributed by atoms with Gasteiger partial charge in [-0.15, -0.1) is 0 Å². The molecule has 1 saturated carbocycles. The molecule has 1 heteroatoms. The van der Waals surface area contributed by atoms with Gasteiger partial charge < -0.3 is 0 Å². The summed E-state index contributed by atoms with van der Waals surface area (Å²) in [6.45, 7) is 0. The summed E-state index contributed by atoms with van der Waals surface area (Å²) in [5.41, 5.74) is 0. The van der Waals surface area contributed by atoms with E-state index in [0.29, 0.717) is 17.6 Å². The zero-order valence-electron chi connectivity index (χ0n) is 6.75. The van der Waals surface area contributed by atoms with Gasteiger partial charge in [0.1, 0.15) is 5.78 Å². The summed E-state index contributed by atoms with van der Waals surface area (Å²) in [5.74, 6) is 1.64. The lowest BCUT2D eigenvalue weighted by Crippen LogP contribution is -2.12. The average molecular weight is 150 g/mol. The van der Waals surface area contributed by atoms with E-state index in [2.05, 4.69) is 12.2 Å². The minimum atomic E-state index is 0.421. The van der Waals surface area contributed by atoms with Crippen LogP contribution in [-0.2, 0) is 4.79 Å². The van der Waals surface area contributed by atoms with Crippen molar-refractivity contribution in [2.45, 2.75) is 32.1 Å². The second-order valence-electron chi connectivity index (χ2n) is 3.66. The third-order valence-electron chi connectivity index (χ3n) is 2.99. The van der Waals surface area contributed by atoms with Gasteiger partial charge in [0, 0.05) is 12.3 Å². The molecular weight excluding hydrogens is 136 g/mol. The third-order valence-corrected chi connectivity index (χ3v) is 2.99. The van der Waals surface area contributed by atoms with Crippen molar-refractivity contribution in [2.24, 2.45) is 11.8 Å². The molecule has 0 spiro atoms. The van der Waals surface area contributed by atoms with E-state index in [4.69, 9.17) is 0 Å². The van der Waals surface area contributed by atoms with Crippen molar-refractivity contribution >= 4 is 5.78 Å². The van der Waals surface area contributed by atoms with Crippen LogP contribution in [0.1, 0.15) is 32.1 Å². The predicted octanol–water partition coefficient (Wildman–Crippen LogP) is 2.32. The van der Waals surface area contributed by atoms with Crippen LogP contribution in [0.2, 0.25) is 0 Å². The topological polar surface area (TPSA) is 17.1 Å². The number of hydrogen-bond acceptors (Lipinski definition) is 1. The fraction of sp³-hybridized carbons (Fsp3) is 0.700. The molecule has 11 heavy (non-hydrogen) atoms. The van der Waals surface area contributed by atoms with Gasteiger partial charge in [0.15, 0.2) is 0 Å². The van der Waals surface area contributed by atoms with Crippen LogP contribution in [-0.4, -0.2) is 5.78 Å². The molecule has 60 valence electrons. The zero-order chi connectivity index (χ0) is 7.68. The van der Waals surface area contributed by atoms with Crippen LogP contribution in [0.5, 0.6) is 0 Å². The summed E-state index contributed by atoms with van der Waals surface area (Å²) in [6, 6.07) is 0. The highest BCUT2D eigenvalue weighted by molar-refractivity contribution is 5.83. The molecule has 1 nitrogen and oxygen atoms in total. The SMILES string of the molecule is O=C1CC[C@H]2CC=CCC[C@H]12. The quantitative estimate of drug-likeness (QED) is 0.484. The highest BCUT2D eigenvalue weighted by Gasteiger charge is 2.33. The lowest BCUT2D eigenvalue weighted by atomic mass is 9.91. The van der Waals surface area contributed by atoms with Crippen molar-refractivity contribution in [2.75, 3.05) is 0 Å². The normalized spacial score (nSPS) is 36.9. The van der Waals surface area contributed by atoms with Crippen molar-refractivity contribution < 1.29 is 4.79 Å². The van der Waals surface area contributed by atoms with E-state index in [1.54, 1.807) is 0 Å². The molecule has 0 amide bonds. The molecule has 0 bridgehead atoms. The van der Waals surface area contributed by atoms with Crippen molar-refractivity contribution in [3.05, 3.63) is 12.2 Å². The Morgan fingerprint density at radius 2 is 2.18 bits per heavy atom. The molecule has 0 aromatic carbocycles.